The fourth-order valence-corrected chi connectivity index (χ4v) is 2.98. The number of hydrogen-bond acceptors (Lipinski definition) is 3. The number of aromatic nitrogens is 2. The predicted octanol–water partition coefficient (Wildman–Crippen LogP) is 5.43. The SMILES string of the molecule is Cc1ccc(-c2ccc(C(=O)N(c3ccccn3)c3ccccn3)cc2)cc1. The predicted molar refractivity (Wildman–Crippen MR) is 112 cm³/mol. The molecule has 0 aliphatic carbocycles. The summed E-state index contributed by atoms with van der Waals surface area (Å²) in [5.41, 5.74) is 3.98. The third kappa shape index (κ3) is 3.67. The zero-order valence-corrected chi connectivity index (χ0v) is 15.5. The van der Waals surface area contributed by atoms with Crippen LogP contribution in [0, 0.1) is 6.92 Å². The average molecular weight is 365 g/mol. The van der Waals surface area contributed by atoms with Crippen LogP contribution in [0.2, 0.25) is 0 Å². The van der Waals surface area contributed by atoms with E-state index in [0.29, 0.717) is 17.2 Å². The van der Waals surface area contributed by atoms with Crippen LogP contribution >= 0.6 is 0 Å². The summed E-state index contributed by atoms with van der Waals surface area (Å²) in [6, 6.07) is 26.9. The van der Waals surface area contributed by atoms with Crippen LogP contribution in [0.15, 0.2) is 97.3 Å². The van der Waals surface area contributed by atoms with Crippen molar-refractivity contribution in [3.05, 3.63) is 108 Å². The Morgan fingerprint density at radius 2 is 1.18 bits per heavy atom. The zero-order chi connectivity index (χ0) is 19.3. The van der Waals surface area contributed by atoms with Crippen molar-refractivity contribution in [1.82, 2.24) is 9.97 Å². The third-order valence-corrected chi connectivity index (χ3v) is 4.48. The molecule has 28 heavy (non-hydrogen) atoms. The standard InChI is InChI=1S/C24H19N3O/c1-18-8-10-19(11-9-18)20-12-14-21(15-13-20)24(28)27(22-6-2-4-16-25-22)23-7-3-5-17-26-23/h2-17H,1H3. The molecule has 0 fully saturated rings. The number of carbonyl (C=O) groups is 1. The van der Waals surface area contributed by atoms with Gasteiger partial charge in [-0.25, -0.2) is 14.9 Å². The molecule has 0 radical (unpaired) electrons. The summed E-state index contributed by atoms with van der Waals surface area (Å²) < 4.78 is 0. The molecule has 0 N–H and O–H groups in total. The number of anilines is 2. The second kappa shape index (κ2) is 7.84. The molecule has 4 heteroatoms. The van der Waals surface area contributed by atoms with E-state index in [1.54, 1.807) is 24.5 Å². The number of amides is 1. The van der Waals surface area contributed by atoms with Crippen molar-refractivity contribution in [2.75, 3.05) is 4.90 Å². The number of benzene rings is 2. The Kier molecular flexibility index (Phi) is 4.93. The zero-order valence-electron chi connectivity index (χ0n) is 15.5. The van der Waals surface area contributed by atoms with Gasteiger partial charge >= 0.3 is 0 Å². The Labute approximate surface area is 164 Å². The second-order valence-electron chi connectivity index (χ2n) is 6.46. The van der Waals surface area contributed by atoms with Crippen molar-refractivity contribution >= 4 is 17.5 Å². The normalized spacial score (nSPS) is 10.5. The van der Waals surface area contributed by atoms with Crippen molar-refractivity contribution in [2.45, 2.75) is 6.92 Å². The summed E-state index contributed by atoms with van der Waals surface area (Å²) in [4.78, 5) is 23.5. The van der Waals surface area contributed by atoms with E-state index in [1.165, 1.54) is 10.5 Å². The fourth-order valence-electron chi connectivity index (χ4n) is 2.98. The van der Waals surface area contributed by atoms with Crippen molar-refractivity contribution in [2.24, 2.45) is 0 Å². The van der Waals surface area contributed by atoms with Crippen molar-refractivity contribution in [1.29, 1.82) is 0 Å². The first-order valence-corrected chi connectivity index (χ1v) is 9.06. The van der Waals surface area contributed by atoms with E-state index in [9.17, 15) is 4.79 Å². The lowest BCUT2D eigenvalue weighted by Gasteiger charge is -2.20. The minimum absolute atomic E-state index is 0.173. The first-order chi connectivity index (χ1) is 13.7. The average Bonchev–Trinajstić information content (AvgIpc) is 2.76. The molecular weight excluding hydrogens is 346 g/mol. The molecule has 0 bridgehead atoms. The van der Waals surface area contributed by atoms with E-state index in [2.05, 4.69) is 41.2 Å². The Balaban J connectivity index is 1.68. The topological polar surface area (TPSA) is 46.1 Å². The molecule has 0 unspecified atom stereocenters. The van der Waals surface area contributed by atoms with E-state index in [-0.39, 0.29) is 5.91 Å². The highest BCUT2D eigenvalue weighted by Gasteiger charge is 2.21. The van der Waals surface area contributed by atoms with Gasteiger partial charge < -0.3 is 0 Å². The molecule has 0 saturated carbocycles. The molecule has 0 atom stereocenters. The molecule has 0 spiro atoms. The van der Waals surface area contributed by atoms with Crippen molar-refractivity contribution in [3.63, 3.8) is 0 Å². The lowest BCUT2D eigenvalue weighted by atomic mass is 10.0. The van der Waals surface area contributed by atoms with Gasteiger partial charge in [0.05, 0.1) is 0 Å². The monoisotopic (exact) mass is 365 g/mol. The Morgan fingerprint density at radius 3 is 1.64 bits per heavy atom. The molecular formula is C24H19N3O. The van der Waals surface area contributed by atoms with E-state index in [4.69, 9.17) is 0 Å². The first-order valence-electron chi connectivity index (χ1n) is 9.06. The van der Waals surface area contributed by atoms with Crippen LogP contribution in [0.1, 0.15) is 15.9 Å². The molecule has 0 saturated heterocycles. The van der Waals surface area contributed by atoms with Gasteiger partial charge in [-0.05, 0) is 54.4 Å². The maximum Gasteiger partial charge on any atom is 0.265 e. The molecule has 4 rings (SSSR count). The lowest BCUT2D eigenvalue weighted by molar-refractivity contribution is 0.0998. The van der Waals surface area contributed by atoms with Gasteiger partial charge in [0.2, 0.25) is 0 Å². The van der Waals surface area contributed by atoms with E-state index in [0.717, 1.165) is 11.1 Å². The number of pyridine rings is 2. The summed E-state index contributed by atoms with van der Waals surface area (Å²) in [6.07, 6.45) is 3.33. The number of aryl methyl sites for hydroxylation is 1. The van der Waals surface area contributed by atoms with Gasteiger partial charge in [-0.15, -0.1) is 0 Å². The Morgan fingerprint density at radius 1 is 0.679 bits per heavy atom. The van der Waals surface area contributed by atoms with Crippen LogP contribution in [-0.4, -0.2) is 15.9 Å². The number of rotatable bonds is 4. The van der Waals surface area contributed by atoms with Crippen LogP contribution in [0.4, 0.5) is 11.6 Å². The molecule has 2 aromatic carbocycles. The van der Waals surface area contributed by atoms with Gasteiger partial charge in [-0.2, -0.15) is 0 Å². The molecule has 0 aliphatic rings. The molecule has 2 aromatic heterocycles. The van der Waals surface area contributed by atoms with Crippen LogP contribution < -0.4 is 4.90 Å². The van der Waals surface area contributed by atoms with Crippen molar-refractivity contribution < 1.29 is 4.79 Å². The van der Waals surface area contributed by atoms with Crippen molar-refractivity contribution in [3.8, 4) is 11.1 Å². The van der Waals surface area contributed by atoms with Gasteiger partial charge in [-0.3, -0.25) is 4.79 Å². The Bertz CT molecular complexity index is 1020. The van der Waals surface area contributed by atoms with Gasteiger partial charge in [-0.1, -0.05) is 54.1 Å². The van der Waals surface area contributed by atoms with Crippen LogP contribution in [-0.2, 0) is 0 Å². The summed E-state index contributed by atoms with van der Waals surface area (Å²) in [7, 11) is 0. The van der Waals surface area contributed by atoms with Crippen LogP contribution in [0.5, 0.6) is 0 Å². The molecule has 1 amide bonds. The number of carbonyl (C=O) groups excluding carboxylic acids is 1. The van der Waals surface area contributed by atoms with E-state index < -0.39 is 0 Å². The maximum absolute atomic E-state index is 13.3. The smallest absolute Gasteiger partial charge is 0.265 e. The lowest BCUT2D eigenvalue weighted by Crippen LogP contribution is -2.27. The highest BCUT2D eigenvalue weighted by molar-refractivity contribution is 6.09. The Hall–Kier alpha value is -3.79. The molecule has 4 aromatic rings. The summed E-state index contributed by atoms with van der Waals surface area (Å²) >= 11 is 0. The molecule has 2 heterocycles. The van der Waals surface area contributed by atoms with E-state index >= 15 is 0 Å². The van der Waals surface area contributed by atoms with Crippen LogP contribution in [0.3, 0.4) is 0 Å². The minimum atomic E-state index is -0.173. The largest absolute Gasteiger partial charge is 0.268 e. The number of hydrogen-bond donors (Lipinski definition) is 0. The van der Waals surface area contributed by atoms with Crippen LogP contribution in [0.25, 0.3) is 11.1 Å². The molecule has 136 valence electrons. The van der Waals surface area contributed by atoms with E-state index in [1.807, 2.05) is 48.5 Å². The highest BCUT2D eigenvalue weighted by Crippen LogP contribution is 2.25. The van der Waals surface area contributed by atoms with Gasteiger partial charge in [0, 0.05) is 18.0 Å². The second-order valence-corrected chi connectivity index (χ2v) is 6.46. The molecule has 4 nitrogen and oxygen atoms in total. The fraction of sp³-hybridized carbons (Fsp3) is 0.0417. The molecule has 0 aliphatic heterocycles. The summed E-state index contributed by atoms with van der Waals surface area (Å²) in [5, 5.41) is 0. The summed E-state index contributed by atoms with van der Waals surface area (Å²) in [5.74, 6) is 0.899. The minimum Gasteiger partial charge on any atom is -0.268 e. The van der Waals surface area contributed by atoms with Gasteiger partial charge in [0.25, 0.3) is 5.91 Å². The van der Waals surface area contributed by atoms with Gasteiger partial charge in [0.15, 0.2) is 0 Å². The number of nitrogens with zero attached hydrogens (tertiary/aromatic N) is 3. The maximum atomic E-state index is 13.3. The van der Waals surface area contributed by atoms with Gasteiger partial charge in [0.1, 0.15) is 11.6 Å². The third-order valence-electron chi connectivity index (χ3n) is 4.48. The summed E-state index contributed by atoms with van der Waals surface area (Å²) in [6.45, 7) is 2.06. The quantitative estimate of drug-likeness (QED) is 0.484. The highest BCUT2D eigenvalue weighted by atomic mass is 16.2. The first kappa shape index (κ1) is 17.6.